The summed E-state index contributed by atoms with van der Waals surface area (Å²) in [6.45, 7) is 7.53. The first kappa shape index (κ1) is 9.38. The summed E-state index contributed by atoms with van der Waals surface area (Å²) in [6, 6.07) is 0. The number of nitrogens with one attached hydrogen (secondary N) is 1. The third-order valence-corrected chi connectivity index (χ3v) is 2.53. The number of rotatable bonds is 4. The molecule has 4 nitrogen and oxygen atoms in total. The molecule has 0 spiro atoms. The van der Waals surface area contributed by atoms with Gasteiger partial charge in [0.05, 0.1) is 0 Å². The Labute approximate surface area is 76.5 Å². The molecular formula is C7H14N4S. The zero-order chi connectivity index (χ0) is 9.03. The van der Waals surface area contributed by atoms with Gasteiger partial charge in [-0.05, 0) is 17.0 Å². The molecule has 1 rings (SSSR count). The van der Waals surface area contributed by atoms with Gasteiger partial charge in [0, 0.05) is 18.1 Å². The van der Waals surface area contributed by atoms with Crippen LogP contribution in [0.15, 0.2) is 0 Å². The van der Waals surface area contributed by atoms with Crippen molar-refractivity contribution in [2.75, 3.05) is 11.9 Å². The summed E-state index contributed by atoms with van der Waals surface area (Å²) in [5.74, 6) is 0. The Morgan fingerprint density at radius 2 is 2.25 bits per heavy atom. The summed E-state index contributed by atoms with van der Waals surface area (Å²) in [4.78, 5) is 0. The minimum Gasteiger partial charge on any atom is -0.358 e. The van der Waals surface area contributed by atoms with E-state index in [9.17, 15) is 0 Å². The second-order valence-electron chi connectivity index (χ2n) is 3.54. The third-order valence-electron chi connectivity index (χ3n) is 1.97. The van der Waals surface area contributed by atoms with Gasteiger partial charge >= 0.3 is 0 Å². The van der Waals surface area contributed by atoms with Gasteiger partial charge in [0.15, 0.2) is 0 Å². The van der Waals surface area contributed by atoms with Gasteiger partial charge in [0.25, 0.3) is 0 Å². The van der Waals surface area contributed by atoms with Crippen LogP contribution in [0.3, 0.4) is 0 Å². The van der Waals surface area contributed by atoms with Crippen LogP contribution in [0.25, 0.3) is 0 Å². The Kier molecular flexibility index (Phi) is 2.97. The average Bonchev–Trinajstić information content (AvgIpc) is 2.53. The van der Waals surface area contributed by atoms with Crippen LogP contribution >= 0.6 is 11.5 Å². The fourth-order valence-electron chi connectivity index (χ4n) is 0.642. The summed E-state index contributed by atoms with van der Waals surface area (Å²) in [7, 11) is 0. The molecule has 0 amide bonds. The molecule has 1 aromatic rings. The normalized spacial score (nSPS) is 11.6. The minimum atomic E-state index is 0.311. The highest BCUT2D eigenvalue weighted by Crippen LogP contribution is 2.20. The first-order valence-corrected chi connectivity index (χ1v) is 4.80. The predicted molar refractivity (Wildman–Crippen MR) is 50.3 cm³/mol. The predicted octanol–water partition coefficient (Wildman–Crippen LogP) is 1.78. The molecule has 0 aliphatic carbocycles. The van der Waals surface area contributed by atoms with Crippen molar-refractivity contribution >= 4 is 16.7 Å². The molecule has 5 heteroatoms. The first-order valence-electron chi connectivity index (χ1n) is 4.03. The summed E-state index contributed by atoms with van der Waals surface area (Å²) >= 11 is 1.29. The summed E-state index contributed by atoms with van der Waals surface area (Å²) in [5, 5.41) is 11.3. The molecule has 0 saturated carbocycles. The van der Waals surface area contributed by atoms with E-state index in [1.54, 1.807) is 0 Å². The Morgan fingerprint density at radius 1 is 1.50 bits per heavy atom. The maximum absolute atomic E-state index is 3.80. The van der Waals surface area contributed by atoms with Crippen LogP contribution in [-0.2, 0) is 0 Å². The van der Waals surface area contributed by atoms with Crippen LogP contribution in [0.1, 0.15) is 27.2 Å². The highest BCUT2D eigenvalue weighted by atomic mass is 32.1. The van der Waals surface area contributed by atoms with E-state index >= 15 is 0 Å². The number of aromatic nitrogens is 3. The number of anilines is 1. The Hall–Kier alpha value is -0.710. The molecule has 1 N–H and O–H groups in total. The van der Waals surface area contributed by atoms with Crippen LogP contribution < -0.4 is 5.32 Å². The van der Waals surface area contributed by atoms with E-state index in [0.717, 1.165) is 18.1 Å². The van der Waals surface area contributed by atoms with Gasteiger partial charge in [-0.2, -0.15) is 0 Å². The van der Waals surface area contributed by atoms with Crippen molar-refractivity contribution in [3.05, 3.63) is 0 Å². The molecule has 0 saturated heterocycles. The highest BCUT2D eigenvalue weighted by molar-refractivity contribution is 7.09. The van der Waals surface area contributed by atoms with Gasteiger partial charge in [-0.3, -0.25) is 0 Å². The molecule has 0 atom stereocenters. The van der Waals surface area contributed by atoms with Gasteiger partial charge in [-0.25, -0.2) is 0 Å². The molecule has 0 fully saturated rings. The second-order valence-corrected chi connectivity index (χ2v) is 4.27. The van der Waals surface area contributed by atoms with Crippen molar-refractivity contribution in [2.24, 2.45) is 5.41 Å². The molecule has 0 aromatic carbocycles. The van der Waals surface area contributed by atoms with Crippen molar-refractivity contribution in [3.8, 4) is 0 Å². The number of hydrogen-bond acceptors (Lipinski definition) is 5. The molecule has 1 aromatic heterocycles. The minimum absolute atomic E-state index is 0.311. The lowest BCUT2D eigenvalue weighted by atomic mass is 9.90. The topological polar surface area (TPSA) is 50.7 Å². The van der Waals surface area contributed by atoms with Gasteiger partial charge in [0.1, 0.15) is 0 Å². The van der Waals surface area contributed by atoms with Gasteiger partial charge in [0.2, 0.25) is 5.13 Å². The van der Waals surface area contributed by atoms with E-state index in [1.165, 1.54) is 11.5 Å². The molecule has 1 heterocycles. The van der Waals surface area contributed by atoms with Crippen LogP contribution in [0.4, 0.5) is 5.13 Å². The lowest BCUT2D eigenvalue weighted by Crippen LogP contribution is -2.21. The quantitative estimate of drug-likeness (QED) is 0.778. The van der Waals surface area contributed by atoms with E-state index in [-0.39, 0.29) is 0 Å². The van der Waals surface area contributed by atoms with Crippen molar-refractivity contribution in [1.29, 1.82) is 0 Å². The lowest BCUT2D eigenvalue weighted by Gasteiger charge is -2.21. The van der Waals surface area contributed by atoms with Gasteiger partial charge in [-0.1, -0.05) is 30.4 Å². The maximum atomic E-state index is 3.80. The highest BCUT2D eigenvalue weighted by Gasteiger charge is 2.14. The van der Waals surface area contributed by atoms with Crippen LogP contribution in [0.2, 0.25) is 0 Å². The van der Waals surface area contributed by atoms with E-state index in [4.69, 9.17) is 0 Å². The fraction of sp³-hybridized carbons (Fsp3) is 0.857. The zero-order valence-corrected chi connectivity index (χ0v) is 8.48. The van der Waals surface area contributed by atoms with Crippen molar-refractivity contribution < 1.29 is 0 Å². The number of nitrogens with zero attached hydrogens (tertiary/aromatic N) is 3. The smallest absolute Gasteiger partial charge is 0.225 e. The van der Waals surface area contributed by atoms with Gasteiger partial charge < -0.3 is 5.32 Å². The molecule has 0 bridgehead atoms. The molecule has 68 valence electrons. The Bertz CT molecular complexity index is 219. The average molecular weight is 186 g/mol. The molecule has 0 aliphatic heterocycles. The summed E-state index contributed by atoms with van der Waals surface area (Å²) < 4.78 is 3.67. The van der Waals surface area contributed by atoms with Crippen LogP contribution in [-0.4, -0.2) is 21.3 Å². The first-order chi connectivity index (χ1) is 5.64. The maximum Gasteiger partial charge on any atom is 0.225 e. The zero-order valence-electron chi connectivity index (χ0n) is 7.66. The Morgan fingerprint density at radius 3 is 2.75 bits per heavy atom. The van der Waals surface area contributed by atoms with Gasteiger partial charge in [-0.15, -0.1) is 0 Å². The van der Waals surface area contributed by atoms with Crippen molar-refractivity contribution in [3.63, 3.8) is 0 Å². The molecule has 0 aliphatic rings. The summed E-state index contributed by atoms with van der Waals surface area (Å²) in [5.41, 5.74) is 0.311. The number of hydrogen-bond donors (Lipinski definition) is 1. The largest absolute Gasteiger partial charge is 0.358 e. The second kappa shape index (κ2) is 3.80. The Balaban J connectivity index is 2.36. The third kappa shape index (κ3) is 2.73. The van der Waals surface area contributed by atoms with E-state index in [1.807, 2.05) is 0 Å². The standard InChI is InChI=1S/C7H14N4S/c1-4-7(2,3)5-8-6-9-10-11-12-6/h4-5H2,1-3H3,(H,8,9,11). The summed E-state index contributed by atoms with van der Waals surface area (Å²) in [6.07, 6.45) is 1.15. The van der Waals surface area contributed by atoms with Crippen molar-refractivity contribution in [2.45, 2.75) is 27.2 Å². The SMILES string of the molecule is CCC(C)(C)CNc1nnns1. The molecule has 0 unspecified atom stereocenters. The molecule has 12 heavy (non-hydrogen) atoms. The lowest BCUT2D eigenvalue weighted by molar-refractivity contribution is 0.377. The van der Waals surface area contributed by atoms with Crippen molar-refractivity contribution in [1.82, 2.24) is 14.8 Å². The van der Waals surface area contributed by atoms with E-state index in [0.29, 0.717) is 5.41 Å². The molecule has 0 radical (unpaired) electrons. The van der Waals surface area contributed by atoms with E-state index in [2.05, 4.69) is 40.9 Å². The van der Waals surface area contributed by atoms with E-state index < -0.39 is 0 Å². The fourth-order valence-corrected chi connectivity index (χ4v) is 1.00. The van der Waals surface area contributed by atoms with Crippen LogP contribution in [0, 0.1) is 5.41 Å². The monoisotopic (exact) mass is 186 g/mol. The van der Waals surface area contributed by atoms with Crippen LogP contribution in [0.5, 0.6) is 0 Å². The molecular weight excluding hydrogens is 172 g/mol.